The summed E-state index contributed by atoms with van der Waals surface area (Å²) in [6.45, 7) is 1.38. The number of alkyl halides is 5. The number of aromatic nitrogens is 5. The summed E-state index contributed by atoms with van der Waals surface area (Å²) in [7, 11) is 0. The van der Waals surface area contributed by atoms with Crippen LogP contribution >= 0.6 is 0 Å². The number of hydrogen-bond acceptors (Lipinski definition) is 8. The highest BCUT2D eigenvalue weighted by Crippen LogP contribution is 2.42. The maximum Gasteiger partial charge on any atom is 0.393 e. The van der Waals surface area contributed by atoms with Crippen LogP contribution in [0.4, 0.5) is 22.0 Å². The second-order valence-electron chi connectivity index (χ2n) is 11.4. The predicted molar refractivity (Wildman–Crippen MR) is 134 cm³/mol. The Morgan fingerprint density at radius 2 is 2.02 bits per heavy atom. The van der Waals surface area contributed by atoms with E-state index in [9.17, 15) is 31.5 Å². The Bertz CT molecular complexity index is 1420. The number of imidazole rings is 1. The van der Waals surface area contributed by atoms with Gasteiger partial charge in [0.05, 0.1) is 54.8 Å². The fourth-order valence-corrected chi connectivity index (χ4v) is 4.66. The zero-order valence-corrected chi connectivity index (χ0v) is 22.9. The van der Waals surface area contributed by atoms with Crippen LogP contribution in [0.3, 0.4) is 0 Å². The van der Waals surface area contributed by atoms with Gasteiger partial charge in [0.2, 0.25) is 5.91 Å². The fourth-order valence-electron chi connectivity index (χ4n) is 4.66. The van der Waals surface area contributed by atoms with Crippen molar-refractivity contribution in [3.8, 4) is 0 Å². The number of carbonyl (C=O) groups is 2. The molecule has 4 heterocycles. The van der Waals surface area contributed by atoms with Crippen LogP contribution in [-0.4, -0.2) is 73.0 Å². The van der Waals surface area contributed by atoms with Crippen molar-refractivity contribution in [1.29, 1.82) is 0 Å². The van der Waals surface area contributed by atoms with E-state index in [0.717, 1.165) is 37.8 Å². The first kappa shape index (κ1) is 29.8. The molecule has 3 aromatic rings. The summed E-state index contributed by atoms with van der Waals surface area (Å²) in [5.41, 5.74) is -1.34. The van der Waals surface area contributed by atoms with Crippen LogP contribution in [0.2, 0.25) is 0 Å². The van der Waals surface area contributed by atoms with E-state index in [1.165, 1.54) is 16.9 Å². The molecule has 2 amide bonds. The number of hydrogen-bond donors (Lipinski definition) is 1. The van der Waals surface area contributed by atoms with Gasteiger partial charge in [-0.15, -0.1) is 0 Å². The average molecular weight is 600 g/mol. The van der Waals surface area contributed by atoms with Crippen molar-refractivity contribution in [2.45, 2.75) is 82.7 Å². The Balaban J connectivity index is 1.44. The van der Waals surface area contributed by atoms with Crippen molar-refractivity contribution in [2.75, 3.05) is 13.2 Å². The number of halogens is 5. The van der Waals surface area contributed by atoms with E-state index >= 15 is 0 Å². The zero-order valence-electron chi connectivity index (χ0n) is 22.9. The summed E-state index contributed by atoms with van der Waals surface area (Å²) in [6.07, 6.45) is -0.121. The Hall–Kier alpha value is -3.69. The summed E-state index contributed by atoms with van der Waals surface area (Å²) in [4.78, 5) is 31.0. The molecule has 1 saturated heterocycles. The molecule has 0 radical (unpaired) electrons. The second-order valence-corrected chi connectivity index (χ2v) is 11.4. The average Bonchev–Trinajstić information content (AvgIpc) is 3.39. The van der Waals surface area contributed by atoms with Crippen LogP contribution < -0.4 is 5.32 Å². The molecule has 2 atom stereocenters. The van der Waals surface area contributed by atoms with Gasteiger partial charge in [-0.25, -0.2) is 22.9 Å². The van der Waals surface area contributed by atoms with Crippen molar-refractivity contribution < 1.29 is 40.9 Å². The van der Waals surface area contributed by atoms with Gasteiger partial charge < -0.3 is 15.0 Å². The smallest absolute Gasteiger partial charge is 0.376 e. The third-order valence-electron chi connectivity index (χ3n) is 7.64. The van der Waals surface area contributed by atoms with E-state index < -0.39 is 54.4 Å². The van der Waals surface area contributed by atoms with Gasteiger partial charge in [-0.3, -0.25) is 9.59 Å². The molecule has 16 heteroatoms. The lowest BCUT2D eigenvalue weighted by Crippen LogP contribution is -2.48. The minimum Gasteiger partial charge on any atom is -0.376 e. The van der Waals surface area contributed by atoms with Crippen LogP contribution in [-0.2, 0) is 9.53 Å². The molecule has 0 unspecified atom stereocenters. The first-order valence-corrected chi connectivity index (χ1v) is 13.5. The van der Waals surface area contributed by atoms with Crippen molar-refractivity contribution >= 4 is 17.5 Å². The molecule has 0 aromatic carbocycles. The lowest BCUT2D eigenvalue weighted by molar-refractivity contribution is -0.214. The summed E-state index contributed by atoms with van der Waals surface area (Å²) >= 11 is 0. The number of piperidine rings is 1. The molecule has 1 N–H and O–H groups in total. The van der Waals surface area contributed by atoms with E-state index in [1.807, 2.05) is 0 Å². The molecule has 11 nitrogen and oxygen atoms in total. The van der Waals surface area contributed by atoms with Gasteiger partial charge in [-0.1, -0.05) is 19.0 Å². The molecule has 3 aromatic heterocycles. The highest BCUT2D eigenvalue weighted by Gasteiger charge is 2.47. The molecule has 5 rings (SSSR count). The highest BCUT2D eigenvalue weighted by molar-refractivity contribution is 5.92. The Kier molecular flexibility index (Phi) is 7.94. The molecule has 2 aliphatic rings. The molecule has 42 heavy (non-hydrogen) atoms. The van der Waals surface area contributed by atoms with Crippen LogP contribution in [0.5, 0.6) is 0 Å². The second kappa shape index (κ2) is 11.2. The van der Waals surface area contributed by atoms with Crippen LogP contribution in [0.25, 0.3) is 5.65 Å². The van der Waals surface area contributed by atoms with Crippen LogP contribution in [0.1, 0.15) is 86.2 Å². The number of nitrogens with zero attached hydrogens (tertiary/aromatic N) is 6. The summed E-state index contributed by atoms with van der Waals surface area (Å²) in [5, 5.41) is 13.8. The minimum atomic E-state index is -4.48. The lowest BCUT2D eigenvalue weighted by atomic mass is 9.85. The standard InChI is InChI=1S/C26H30F5N7O4/c1-24(2,26(29,30)31)7-5-17(35-23(40)18-11-33-42-36-18)19-12-38-21(34-19)9-15(10-32-38)20(13-41-16-3-4-16)37-14-25(27,28)8-6-22(37)39/h9-12,16-17,20H,3-8,13-14H2,1-2H3,(H,35,40)/t17-,20+/m0/s1. The minimum absolute atomic E-state index is 0.00511. The molecule has 2 fully saturated rings. The van der Waals surface area contributed by atoms with Crippen molar-refractivity contribution in [2.24, 2.45) is 5.41 Å². The van der Waals surface area contributed by atoms with Gasteiger partial charge in [0.25, 0.3) is 11.8 Å². The Labute approximate surface area is 236 Å². The molecular formula is C26H30F5N7O4. The predicted octanol–water partition coefficient (Wildman–Crippen LogP) is 4.43. The first-order chi connectivity index (χ1) is 19.7. The summed E-state index contributed by atoms with van der Waals surface area (Å²) < 4.78 is 81.0. The Morgan fingerprint density at radius 1 is 1.26 bits per heavy atom. The van der Waals surface area contributed by atoms with Crippen LogP contribution in [0.15, 0.2) is 29.3 Å². The maximum absolute atomic E-state index is 14.3. The van der Waals surface area contributed by atoms with Crippen molar-refractivity contribution in [3.63, 3.8) is 0 Å². The molecule has 0 spiro atoms. The first-order valence-electron chi connectivity index (χ1n) is 13.5. The van der Waals surface area contributed by atoms with E-state index in [1.54, 1.807) is 6.07 Å². The third kappa shape index (κ3) is 6.68. The Morgan fingerprint density at radius 3 is 2.69 bits per heavy atom. The molecule has 0 bridgehead atoms. The van der Waals surface area contributed by atoms with E-state index in [2.05, 4.69) is 30.3 Å². The number of ether oxygens (including phenoxy) is 1. The number of nitrogens with one attached hydrogen (secondary N) is 1. The number of amides is 2. The SMILES string of the molecule is CC(C)(CC[C@H](NC(=O)c1cnon1)c1cn2ncc([C@@H](COC3CC3)N3CC(F)(F)CCC3=O)cc2n1)C(F)(F)F. The fraction of sp³-hybridized carbons (Fsp3) is 0.615. The summed E-state index contributed by atoms with van der Waals surface area (Å²) in [5.74, 6) is -4.19. The number of fused-ring (bicyclic) bond motifs is 1. The highest BCUT2D eigenvalue weighted by atomic mass is 19.4. The van der Waals surface area contributed by atoms with Gasteiger partial charge in [-0.05, 0) is 36.9 Å². The molecule has 1 aliphatic heterocycles. The topological polar surface area (TPSA) is 128 Å². The van der Waals surface area contributed by atoms with Gasteiger partial charge in [-0.2, -0.15) is 18.3 Å². The quantitative estimate of drug-likeness (QED) is 0.321. The van der Waals surface area contributed by atoms with Crippen molar-refractivity contribution in [3.05, 3.63) is 41.6 Å². The third-order valence-corrected chi connectivity index (χ3v) is 7.64. The molecule has 228 valence electrons. The van der Waals surface area contributed by atoms with E-state index in [0.29, 0.717) is 5.56 Å². The molecule has 1 aliphatic carbocycles. The van der Waals surface area contributed by atoms with Crippen molar-refractivity contribution in [1.82, 2.24) is 35.1 Å². The molecule has 1 saturated carbocycles. The number of likely N-dealkylation sites (tertiary alicyclic amines) is 1. The van der Waals surface area contributed by atoms with Gasteiger partial charge in [0.1, 0.15) is 6.20 Å². The normalized spacial score (nSPS) is 19.2. The largest absolute Gasteiger partial charge is 0.393 e. The van der Waals surface area contributed by atoms with E-state index in [4.69, 9.17) is 4.74 Å². The van der Waals surface area contributed by atoms with Crippen LogP contribution in [0, 0.1) is 5.41 Å². The van der Waals surface area contributed by atoms with Gasteiger partial charge in [0, 0.05) is 18.4 Å². The van der Waals surface area contributed by atoms with Gasteiger partial charge >= 0.3 is 6.18 Å². The summed E-state index contributed by atoms with van der Waals surface area (Å²) in [6, 6.07) is -0.251. The molecular weight excluding hydrogens is 569 g/mol. The zero-order chi connectivity index (χ0) is 30.3. The lowest BCUT2D eigenvalue weighted by Gasteiger charge is -2.38. The maximum atomic E-state index is 14.3. The number of rotatable bonds is 11. The van der Waals surface area contributed by atoms with E-state index in [-0.39, 0.29) is 49.0 Å². The monoisotopic (exact) mass is 599 g/mol. The number of carbonyl (C=O) groups excluding carboxylic acids is 2. The van der Waals surface area contributed by atoms with Gasteiger partial charge in [0.15, 0.2) is 11.3 Å².